The Balaban J connectivity index is 1.96. The Morgan fingerprint density at radius 3 is 2.68 bits per heavy atom. The van der Waals surface area contributed by atoms with E-state index in [9.17, 15) is 18.0 Å². The van der Waals surface area contributed by atoms with E-state index in [0.29, 0.717) is 5.56 Å². The van der Waals surface area contributed by atoms with Crippen LogP contribution in [0.2, 0.25) is 5.02 Å². The summed E-state index contributed by atoms with van der Waals surface area (Å²) in [6.45, 7) is 2.35. The number of nitrogens with one attached hydrogen (secondary N) is 2. The van der Waals surface area contributed by atoms with Crippen LogP contribution >= 0.6 is 11.6 Å². The molecular formula is C18H20ClF3N4O2. The summed E-state index contributed by atoms with van der Waals surface area (Å²) in [5.74, 6) is -0.670. The summed E-state index contributed by atoms with van der Waals surface area (Å²) in [4.78, 5) is 12.3. The Kier molecular flexibility index (Phi) is 5.85. The number of fused-ring (bicyclic) bond motifs is 1. The summed E-state index contributed by atoms with van der Waals surface area (Å²) in [6.07, 6.45) is -4.80. The summed E-state index contributed by atoms with van der Waals surface area (Å²) in [5, 5.41) is 9.26. The lowest BCUT2D eigenvalue weighted by Gasteiger charge is -2.33. The molecule has 2 N–H and O–H groups in total. The van der Waals surface area contributed by atoms with Crippen molar-refractivity contribution in [2.45, 2.75) is 31.6 Å². The number of carbonyl (C=O) groups excluding carboxylic acids is 1. The Bertz CT molecular complexity index is 852. The molecule has 0 saturated heterocycles. The van der Waals surface area contributed by atoms with Gasteiger partial charge in [-0.05, 0) is 12.5 Å². The summed E-state index contributed by atoms with van der Waals surface area (Å²) < 4.78 is 46.7. The molecule has 28 heavy (non-hydrogen) atoms. The molecule has 0 radical (unpaired) electrons. The first-order chi connectivity index (χ1) is 13.2. The van der Waals surface area contributed by atoms with Crippen molar-refractivity contribution >= 4 is 23.3 Å². The third-order valence-corrected chi connectivity index (χ3v) is 4.94. The molecule has 0 unspecified atom stereocenters. The average Bonchev–Trinajstić information content (AvgIpc) is 2.98. The number of alkyl halides is 3. The number of anilines is 1. The van der Waals surface area contributed by atoms with E-state index in [-0.39, 0.29) is 36.1 Å². The molecule has 1 aromatic carbocycles. The molecule has 0 aliphatic carbocycles. The lowest BCUT2D eigenvalue weighted by Crippen LogP contribution is -2.36. The van der Waals surface area contributed by atoms with Crippen molar-refractivity contribution in [3.05, 3.63) is 46.1 Å². The quantitative estimate of drug-likeness (QED) is 0.726. The van der Waals surface area contributed by atoms with Gasteiger partial charge >= 0.3 is 6.18 Å². The van der Waals surface area contributed by atoms with Crippen LogP contribution in [0.5, 0.6) is 0 Å². The Morgan fingerprint density at radius 1 is 1.39 bits per heavy atom. The average molecular weight is 417 g/mol. The van der Waals surface area contributed by atoms with Crippen LogP contribution in [0.25, 0.3) is 0 Å². The maximum Gasteiger partial charge on any atom is 0.410 e. The molecule has 0 spiro atoms. The fourth-order valence-electron chi connectivity index (χ4n) is 3.10. The van der Waals surface area contributed by atoms with Crippen LogP contribution in [0, 0.1) is 6.92 Å². The highest BCUT2D eigenvalue weighted by molar-refractivity contribution is 6.36. The Morgan fingerprint density at radius 2 is 2.07 bits per heavy atom. The van der Waals surface area contributed by atoms with E-state index in [4.69, 9.17) is 16.3 Å². The van der Waals surface area contributed by atoms with E-state index >= 15 is 0 Å². The lowest BCUT2D eigenvalue weighted by atomic mass is 9.96. The van der Waals surface area contributed by atoms with Gasteiger partial charge in [-0.25, -0.2) is 4.68 Å². The van der Waals surface area contributed by atoms with Crippen LogP contribution in [0.4, 0.5) is 19.0 Å². The number of aryl methyl sites for hydroxylation is 1. The van der Waals surface area contributed by atoms with Crippen LogP contribution in [-0.2, 0) is 4.74 Å². The first-order valence-electron chi connectivity index (χ1n) is 8.67. The van der Waals surface area contributed by atoms with Crippen molar-refractivity contribution in [2.75, 3.05) is 25.6 Å². The molecule has 10 heteroatoms. The van der Waals surface area contributed by atoms with Crippen LogP contribution in [0.1, 0.15) is 40.1 Å². The zero-order valence-corrected chi connectivity index (χ0v) is 16.1. The largest absolute Gasteiger partial charge is 0.410 e. The van der Waals surface area contributed by atoms with Crippen molar-refractivity contribution in [1.29, 1.82) is 0 Å². The molecule has 1 aliphatic rings. The Labute approximate surface area is 165 Å². The normalized spacial score (nSPS) is 19.1. The highest BCUT2D eigenvalue weighted by Gasteiger charge is 2.47. The van der Waals surface area contributed by atoms with Crippen molar-refractivity contribution in [2.24, 2.45) is 0 Å². The molecule has 0 bridgehead atoms. The van der Waals surface area contributed by atoms with E-state index in [1.807, 2.05) is 19.1 Å². The number of benzene rings is 1. The summed E-state index contributed by atoms with van der Waals surface area (Å²) in [7, 11) is 1.47. The molecule has 2 aromatic rings. The van der Waals surface area contributed by atoms with Gasteiger partial charge in [-0.15, -0.1) is 0 Å². The second-order valence-corrected chi connectivity index (χ2v) is 6.98. The van der Waals surface area contributed by atoms with Crippen LogP contribution < -0.4 is 10.6 Å². The predicted molar refractivity (Wildman–Crippen MR) is 98.7 cm³/mol. The monoisotopic (exact) mass is 416 g/mol. The van der Waals surface area contributed by atoms with E-state index in [1.165, 1.54) is 7.11 Å². The van der Waals surface area contributed by atoms with Gasteiger partial charge in [0.2, 0.25) is 0 Å². The minimum atomic E-state index is -4.54. The summed E-state index contributed by atoms with van der Waals surface area (Å²) in [6, 6.07) is 4.72. The standard InChI is InChI=1S/C18H20ClF3N4O2/c1-10-3-5-11(6-4-10)12-9-13(18(20,21)22)26-16(24-12)14(19)15(25-26)17(27)23-7-8-28-2/h3-6,12-13,24H,7-9H2,1-2H3,(H,23,27)/t12-,13+/m1/s1. The predicted octanol–water partition coefficient (Wildman–Crippen LogP) is 3.88. The molecule has 0 saturated carbocycles. The first-order valence-corrected chi connectivity index (χ1v) is 9.05. The van der Waals surface area contributed by atoms with Gasteiger partial charge in [-0.1, -0.05) is 41.4 Å². The number of aromatic nitrogens is 2. The number of rotatable bonds is 5. The summed E-state index contributed by atoms with van der Waals surface area (Å²) >= 11 is 6.24. The topological polar surface area (TPSA) is 68.2 Å². The Hall–Kier alpha value is -2.26. The van der Waals surface area contributed by atoms with E-state index in [0.717, 1.165) is 10.2 Å². The minimum absolute atomic E-state index is 0.0160. The number of hydrogen-bond acceptors (Lipinski definition) is 4. The van der Waals surface area contributed by atoms with E-state index in [1.54, 1.807) is 12.1 Å². The molecule has 2 heterocycles. The van der Waals surface area contributed by atoms with Gasteiger partial charge in [0.05, 0.1) is 12.6 Å². The van der Waals surface area contributed by atoms with Crippen LogP contribution in [0.3, 0.4) is 0 Å². The van der Waals surface area contributed by atoms with Gasteiger partial charge in [0.25, 0.3) is 5.91 Å². The van der Waals surface area contributed by atoms with Gasteiger partial charge in [-0.3, -0.25) is 4.79 Å². The molecule has 6 nitrogen and oxygen atoms in total. The third kappa shape index (κ3) is 4.10. The van der Waals surface area contributed by atoms with Gasteiger partial charge < -0.3 is 15.4 Å². The molecule has 152 valence electrons. The number of hydrogen-bond donors (Lipinski definition) is 2. The highest BCUT2D eigenvalue weighted by Crippen LogP contribution is 2.46. The highest BCUT2D eigenvalue weighted by atomic mass is 35.5. The fourth-order valence-corrected chi connectivity index (χ4v) is 3.37. The summed E-state index contributed by atoms with van der Waals surface area (Å²) in [5.41, 5.74) is 1.46. The SMILES string of the molecule is COCCNC(=O)c1nn2c(c1Cl)N[C@@H](c1ccc(C)cc1)C[C@H]2C(F)(F)F. The second-order valence-electron chi connectivity index (χ2n) is 6.61. The minimum Gasteiger partial charge on any atom is -0.383 e. The number of amides is 1. The van der Waals surface area contributed by atoms with Crippen LogP contribution in [0.15, 0.2) is 24.3 Å². The molecule has 0 fully saturated rings. The van der Waals surface area contributed by atoms with Gasteiger partial charge in [0.1, 0.15) is 10.8 Å². The third-order valence-electron chi connectivity index (χ3n) is 4.58. The number of carbonyl (C=O) groups is 1. The molecule has 1 amide bonds. The van der Waals surface area contributed by atoms with E-state index in [2.05, 4.69) is 15.7 Å². The zero-order chi connectivity index (χ0) is 20.5. The second kappa shape index (κ2) is 8.00. The van der Waals surface area contributed by atoms with Crippen LogP contribution in [-0.4, -0.2) is 42.1 Å². The fraction of sp³-hybridized carbons (Fsp3) is 0.444. The molecule has 1 aliphatic heterocycles. The number of halogens is 4. The van der Waals surface area contributed by atoms with E-state index < -0.39 is 24.2 Å². The van der Waals surface area contributed by atoms with Crippen molar-refractivity contribution in [3.8, 4) is 0 Å². The number of ether oxygens (including phenoxy) is 1. The molecule has 2 atom stereocenters. The lowest BCUT2D eigenvalue weighted by molar-refractivity contribution is -0.173. The smallest absolute Gasteiger partial charge is 0.383 e. The van der Waals surface area contributed by atoms with Gasteiger partial charge in [0.15, 0.2) is 11.7 Å². The maximum absolute atomic E-state index is 13.7. The van der Waals surface area contributed by atoms with Gasteiger partial charge in [0, 0.05) is 20.1 Å². The number of nitrogens with zero attached hydrogens (tertiary/aromatic N) is 2. The van der Waals surface area contributed by atoms with Crippen molar-refractivity contribution in [3.63, 3.8) is 0 Å². The van der Waals surface area contributed by atoms with Crippen molar-refractivity contribution in [1.82, 2.24) is 15.1 Å². The molecular weight excluding hydrogens is 397 g/mol. The van der Waals surface area contributed by atoms with Crippen molar-refractivity contribution < 1.29 is 22.7 Å². The first kappa shape index (κ1) is 20.5. The molecule has 3 rings (SSSR count). The van der Waals surface area contributed by atoms with Gasteiger partial charge in [-0.2, -0.15) is 18.3 Å². The number of methoxy groups -OCH3 is 1. The molecule has 1 aromatic heterocycles. The zero-order valence-electron chi connectivity index (χ0n) is 15.3. The maximum atomic E-state index is 13.7.